The lowest BCUT2D eigenvalue weighted by molar-refractivity contribution is 1.06. The Balaban J connectivity index is 3.72. The molecule has 0 N–H and O–H groups in total. The first-order valence-corrected chi connectivity index (χ1v) is 6.61. The van der Waals surface area contributed by atoms with Crippen LogP contribution in [0.1, 0.15) is 33.4 Å². The summed E-state index contributed by atoms with van der Waals surface area (Å²) in [6.07, 6.45) is 0. The Kier molecular flexibility index (Phi) is 4.46. The van der Waals surface area contributed by atoms with Crippen LogP contribution >= 0.6 is 46.4 Å². The molecule has 0 heterocycles. The quantitative estimate of drug-likeness (QED) is 0.602. The van der Waals surface area contributed by atoms with Crippen LogP contribution in [0.15, 0.2) is 0 Å². The van der Waals surface area contributed by atoms with Gasteiger partial charge in [-0.1, -0.05) is 34.8 Å². The highest BCUT2D eigenvalue weighted by atomic mass is 35.6. The van der Waals surface area contributed by atoms with Gasteiger partial charge >= 0.3 is 0 Å². The van der Waals surface area contributed by atoms with E-state index in [1.54, 1.807) is 0 Å². The Morgan fingerprint density at radius 1 is 0.812 bits per heavy atom. The summed E-state index contributed by atoms with van der Waals surface area (Å²) < 4.78 is -1.42. The van der Waals surface area contributed by atoms with Gasteiger partial charge in [0, 0.05) is 11.4 Å². The summed E-state index contributed by atoms with van der Waals surface area (Å²) >= 11 is 24.0. The molecule has 0 saturated heterocycles. The highest BCUT2D eigenvalue weighted by molar-refractivity contribution is 6.67. The smallest absolute Gasteiger partial charge is 0.122 e. The van der Waals surface area contributed by atoms with Gasteiger partial charge in [-0.3, -0.25) is 0 Å². The van der Waals surface area contributed by atoms with Crippen molar-refractivity contribution >= 4 is 46.4 Å². The summed E-state index contributed by atoms with van der Waals surface area (Å²) in [6, 6.07) is 0. The average molecular weight is 300 g/mol. The fraction of sp³-hybridized carbons (Fsp3) is 0.500. The molecule has 1 aromatic carbocycles. The van der Waals surface area contributed by atoms with Crippen molar-refractivity contribution in [3.8, 4) is 0 Å². The molecule has 0 aromatic heterocycles. The second-order valence-corrected chi connectivity index (χ2v) is 6.53. The van der Waals surface area contributed by atoms with Crippen LogP contribution in [-0.2, 0) is 9.67 Å². The molecule has 0 aliphatic rings. The second kappa shape index (κ2) is 4.94. The van der Waals surface area contributed by atoms with Crippen molar-refractivity contribution in [1.29, 1.82) is 0 Å². The van der Waals surface area contributed by atoms with Crippen LogP contribution in [0.25, 0.3) is 0 Å². The highest BCUT2D eigenvalue weighted by Gasteiger charge is 2.30. The molecule has 0 unspecified atom stereocenters. The van der Waals surface area contributed by atoms with Crippen LogP contribution < -0.4 is 0 Å². The summed E-state index contributed by atoms with van der Waals surface area (Å²) in [5.41, 5.74) is 6.16. The van der Waals surface area contributed by atoms with Gasteiger partial charge in [0.05, 0.1) is 0 Å². The molecule has 0 spiro atoms. The van der Waals surface area contributed by atoms with Crippen molar-refractivity contribution < 1.29 is 0 Å². The van der Waals surface area contributed by atoms with Gasteiger partial charge in [0.1, 0.15) is 0 Å². The predicted molar refractivity (Wildman–Crippen MR) is 74.2 cm³/mol. The number of alkyl halides is 4. The van der Waals surface area contributed by atoms with Gasteiger partial charge < -0.3 is 0 Å². The maximum atomic E-state index is 6.02. The van der Waals surface area contributed by atoms with E-state index >= 15 is 0 Å². The molecular weight excluding hydrogens is 286 g/mol. The van der Waals surface area contributed by atoms with Crippen molar-refractivity contribution in [3.63, 3.8) is 0 Å². The van der Waals surface area contributed by atoms with Gasteiger partial charge in [0.25, 0.3) is 0 Å². The molecule has 0 saturated carbocycles. The normalized spacial score (nSPS) is 12.0. The lowest BCUT2D eigenvalue weighted by Crippen LogP contribution is -2.12. The molecule has 0 atom stereocenters. The number of hydrogen-bond donors (Lipinski definition) is 0. The maximum Gasteiger partial charge on any atom is 0.216 e. The first-order valence-electron chi connectivity index (χ1n) is 4.94. The summed E-state index contributed by atoms with van der Waals surface area (Å²) in [5, 5.41) is 0. The van der Waals surface area contributed by atoms with Crippen LogP contribution in [0.4, 0.5) is 0 Å². The molecule has 0 fully saturated rings. The van der Waals surface area contributed by atoms with Gasteiger partial charge in [-0.2, -0.15) is 0 Å². The third-order valence-electron chi connectivity index (χ3n) is 3.23. The van der Waals surface area contributed by atoms with E-state index in [1.165, 1.54) is 5.56 Å². The Morgan fingerprint density at radius 3 is 1.62 bits per heavy atom. The van der Waals surface area contributed by atoms with E-state index in [4.69, 9.17) is 46.4 Å². The van der Waals surface area contributed by atoms with Crippen LogP contribution in [0, 0.1) is 27.7 Å². The minimum Gasteiger partial charge on any atom is -0.122 e. The number of benzene rings is 1. The molecule has 1 rings (SSSR count). The number of halogens is 4. The Hall–Kier alpha value is 0.380. The number of rotatable bonds is 1. The lowest BCUT2D eigenvalue weighted by atomic mass is 9.90. The van der Waals surface area contributed by atoms with Gasteiger partial charge in [-0.25, -0.2) is 0 Å². The zero-order valence-corrected chi connectivity index (χ0v) is 12.7. The summed E-state index contributed by atoms with van der Waals surface area (Å²) in [5.74, 6) is 0.358. The van der Waals surface area contributed by atoms with E-state index in [2.05, 4.69) is 6.92 Å². The van der Waals surface area contributed by atoms with Crippen molar-refractivity contribution in [3.05, 3.63) is 33.4 Å². The molecule has 0 nitrogen and oxygen atoms in total. The highest BCUT2D eigenvalue weighted by Crippen LogP contribution is 2.44. The van der Waals surface area contributed by atoms with E-state index in [0.29, 0.717) is 5.88 Å². The largest absolute Gasteiger partial charge is 0.216 e. The molecular formula is C12H14Cl4. The maximum absolute atomic E-state index is 6.02. The monoisotopic (exact) mass is 298 g/mol. The Morgan fingerprint density at radius 2 is 1.25 bits per heavy atom. The lowest BCUT2D eigenvalue weighted by Gasteiger charge is -2.24. The van der Waals surface area contributed by atoms with E-state index in [-0.39, 0.29) is 0 Å². The predicted octanol–water partition coefficient (Wildman–Crippen LogP) is 5.49. The topological polar surface area (TPSA) is 0 Å². The van der Waals surface area contributed by atoms with Crippen LogP contribution in [0.3, 0.4) is 0 Å². The fourth-order valence-corrected chi connectivity index (χ4v) is 3.04. The van der Waals surface area contributed by atoms with Crippen molar-refractivity contribution in [2.45, 2.75) is 37.4 Å². The zero-order chi connectivity index (χ0) is 12.7. The first kappa shape index (κ1) is 14.4. The van der Waals surface area contributed by atoms with Gasteiger partial charge in [0.2, 0.25) is 3.79 Å². The van der Waals surface area contributed by atoms with Crippen molar-refractivity contribution in [1.82, 2.24) is 0 Å². The molecule has 0 aliphatic carbocycles. The van der Waals surface area contributed by atoms with Gasteiger partial charge in [-0.15, -0.1) is 11.6 Å². The Bertz CT molecular complexity index is 416. The molecule has 90 valence electrons. The summed E-state index contributed by atoms with van der Waals surface area (Å²) in [4.78, 5) is 0. The fourth-order valence-electron chi connectivity index (χ4n) is 1.94. The second-order valence-electron chi connectivity index (χ2n) is 3.98. The Labute approximate surface area is 117 Å². The summed E-state index contributed by atoms with van der Waals surface area (Å²) in [6.45, 7) is 8.08. The SMILES string of the molecule is Cc1c(C)c(C)c(C(Cl)(Cl)Cl)c(CCl)c1C. The van der Waals surface area contributed by atoms with Gasteiger partial charge in [-0.05, 0) is 55.5 Å². The van der Waals surface area contributed by atoms with Gasteiger partial charge in [0.15, 0.2) is 0 Å². The minimum atomic E-state index is -1.42. The van der Waals surface area contributed by atoms with Crippen LogP contribution in [-0.4, -0.2) is 0 Å². The molecule has 4 heteroatoms. The van der Waals surface area contributed by atoms with Crippen LogP contribution in [0.2, 0.25) is 0 Å². The molecule has 16 heavy (non-hydrogen) atoms. The molecule has 0 radical (unpaired) electrons. The van der Waals surface area contributed by atoms with E-state index in [9.17, 15) is 0 Å². The zero-order valence-electron chi connectivity index (χ0n) is 9.72. The van der Waals surface area contributed by atoms with Crippen molar-refractivity contribution in [2.24, 2.45) is 0 Å². The molecule has 0 amide bonds. The summed E-state index contributed by atoms with van der Waals surface area (Å²) in [7, 11) is 0. The van der Waals surface area contributed by atoms with Crippen LogP contribution in [0.5, 0.6) is 0 Å². The molecule has 0 aliphatic heterocycles. The average Bonchev–Trinajstić information content (AvgIpc) is 2.18. The van der Waals surface area contributed by atoms with E-state index in [0.717, 1.165) is 27.8 Å². The van der Waals surface area contributed by atoms with E-state index in [1.807, 2.05) is 20.8 Å². The van der Waals surface area contributed by atoms with Crippen molar-refractivity contribution in [2.75, 3.05) is 0 Å². The van der Waals surface area contributed by atoms with E-state index < -0.39 is 3.79 Å². The first-order chi connectivity index (χ1) is 7.21. The number of hydrogen-bond acceptors (Lipinski definition) is 0. The standard InChI is InChI=1S/C12H14Cl4/c1-6-7(2)9(4)11(12(14,15)16)10(5-13)8(6)3/h5H2,1-4H3. The third kappa shape index (κ3) is 2.46. The third-order valence-corrected chi connectivity index (χ3v) is 4.07. The molecule has 1 aromatic rings. The molecule has 0 bridgehead atoms. The minimum absolute atomic E-state index is 0.358.